The molecule has 112 valence electrons. The zero-order valence-corrected chi connectivity index (χ0v) is 12.7. The number of hydrogen-bond acceptors (Lipinski definition) is 2. The fraction of sp³-hybridized carbons (Fsp3) is 0.0952. The summed E-state index contributed by atoms with van der Waals surface area (Å²) in [5.74, 6) is 0.285. The number of aromatic nitrogens is 1. The Balaban J connectivity index is 1.97. The van der Waals surface area contributed by atoms with Crippen LogP contribution >= 0.6 is 0 Å². The quantitative estimate of drug-likeness (QED) is 0.719. The minimum absolute atomic E-state index is 0.285. The lowest BCUT2D eigenvalue weighted by Gasteiger charge is -2.11. The lowest BCUT2D eigenvalue weighted by Crippen LogP contribution is -1.93. The first-order valence-electron chi connectivity index (χ1n) is 7.83. The first kappa shape index (κ1) is 13.8. The van der Waals surface area contributed by atoms with Crippen molar-refractivity contribution in [1.29, 1.82) is 0 Å². The van der Waals surface area contributed by atoms with Crippen LogP contribution in [0.1, 0.15) is 27.8 Å². The molecule has 3 aromatic rings. The molecule has 1 heterocycles. The number of phenols is 1. The van der Waals surface area contributed by atoms with Crippen molar-refractivity contribution in [2.75, 3.05) is 0 Å². The summed E-state index contributed by atoms with van der Waals surface area (Å²) >= 11 is 0. The molecule has 0 saturated carbocycles. The van der Waals surface area contributed by atoms with Crippen LogP contribution in [0.15, 0.2) is 67.0 Å². The Morgan fingerprint density at radius 3 is 2.57 bits per heavy atom. The van der Waals surface area contributed by atoms with E-state index in [1.807, 2.05) is 24.5 Å². The molecule has 0 aliphatic heterocycles. The number of nitrogens with zero attached hydrogens (tertiary/aromatic N) is 1. The van der Waals surface area contributed by atoms with Crippen molar-refractivity contribution in [2.45, 2.75) is 12.8 Å². The number of fused-ring (bicyclic) bond motifs is 2. The molecule has 2 nitrogen and oxygen atoms in total. The second-order valence-corrected chi connectivity index (χ2v) is 5.84. The van der Waals surface area contributed by atoms with Crippen molar-refractivity contribution < 1.29 is 5.11 Å². The summed E-state index contributed by atoms with van der Waals surface area (Å²) in [6.45, 7) is 0. The van der Waals surface area contributed by atoms with E-state index in [1.165, 1.54) is 27.8 Å². The smallest absolute Gasteiger partial charge is 0.116 e. The van der Waals surface area contributed by atoms with Gasteiger partial charge in [0.1, 0.15) is 5.75 Å². The fourth-order valence-electron chi connectivity index (χ4n) is 3.24. The van der Waals surface area contributed by atoms with E-state index >= 15 is 0 Å². The Labute approximate surface area is 135 Å². The molecule has 0 unspecified atom stereocenters. The van der Waals surface area contributed by atoms with Crippen LogP contribution in [0.5, 0.6) is 5.75 Å². The highest BCUT2D eigenvalue weighted by Gasteiger charge is 2.17. The zero-order chi connectivity index (χ0) is 15.6. The van der Waals surface area contributed by atoms with Crippen molar-refractivity contribution >= 4 is 11.6 Å². The van der Waals surface area contributed by atoms with Gasteiger partial charge in [-0.1, -0.05) is 36.4 Å². The van der Waals surface area contributed by atoms with Gasteiger partial charge in [-0.2, -0.15) is 0 Å². The molecule has 2 heteroatoms. The molecule has 23 heavy (non-hydrogen) atoms. The Morgan fingerprint density at radius 2 is 1.70 bits per heavy atom. The number of rotatable bonds is 1. The van der Waals surface area contributed by atoms with Gasteiger partial charge in [-0.15, -0.1) is 0 Å². The Kier molecular flexibility index (Phi) is 3.43. The number of phenolic OH excluding ortho intramolecular Hbond substituents is 1. The van der Waals surface area contributed by atoms with Crippen LogP contribution in [0.25, 0.3) is 11.6 Å². The van der Waals surface area contributed by atoms with Gasteiger partial charge in [0, 0.05) is 18.0 Å². The van der Waals surface area contributed by atoms with Crippen molar-refractivity contribution in [3.05, 3.63) is 94.8 Å². The third kappa shape index (κ3) is 2.64. The summed E-state index contributed by atoms with van der Waals surface area (Å²) in [6.07, 6.45) is 8.01. The maximum Gasteiger partial charge on any atom is 0.116 e. The van der Waals surface area contributed by atoms with Gasteiger partial charge in [0.2, 0.25) is 0 Å². The fourth-order valence-corrected chi connectivity index (χ4v) is 3.24. The van der Waals surface area contributed by atoms with Crippen LogP contribution in [-0.4, -0.2) is 10.1 Å². The molecule has 1 aromatic heterocycles. The maximum atomic E-state index is 9.75. The molecule has 1 aliphatic rings. The van der Waals surface area contributed by atoms with Gasteiger partial charge in [0.05, 0.1) is 0 Å². The second kappa shape index (κ2) is 5.73. The first-order chi connectivity index (χ1) is 11.3. The molecule has 0 spiro atoms. The van der Waals surface area contributed by atoms with Crippen molar-refractivity contribution in [3.63, 3.8) is 0 Å². The van der Waals surface area contributed by atoms with Crippen molar-refractivity contribution in [2.24, 2.45) is 0 Å². The number of pyridine rings is 1. The minimum Gasteiger partial charge on any atom is -0.508 e. The van der Waals surface area contributed by atoms with Crippen molar-refractivity contribution in [1.82, 2.24) is 4.98 Å². The molecule has 0 atom stereocenters. The molecule has 0 radical (unpaired) electrons. The van der Waals surface area contributed by atoms with E-state index in [4.69, 9.17) is 0 Å². The highest BCUT2D eigenvalue weighted by molar-refractivity contribution is 5.93. The number of hydrogen-bond donors (Lipinski definition) is 1. The number of aryl methyl sites for hydroxylation is 2. The van der Waals surface area contributed by atoms with Crippen LogP contribution in [0.3, 0.4) is 0 Å². The summed E-state index contributed by atoms with van der Waals surface area (Å²) in [5.41, 5.74) is 7.28. The lowest BCUT2D eigenvalue weighted by molar-refractivity contribution is 0.475. The van der Waals surface area contributed by atoms with Crippen LogP contribution in [0, 0.1) is 0 Å². The SMILES string of the molecule is Oc1cccc(C=C2c3ccccc3CCc3ccncc32)c1. The minimum atomic E-state index is 0.285. The topological polar surface area (TPSA) is 33.1 Å². The molecule has 4 rings (SSSR count). The first-order valence-corrected chi connectivity index (χ1v) is 7.83. The standard InChI is InChI=1S/C21H17NO/c23-18-6-3-4-15(12-18)13-20-19-7-2-1-5-16(19)8-9-17-10-11-22-14-21(17)20/h1-7,10-14,23H,8-9H2. The Bertz CT molecular complexity index is 846. The molecule has 0 bridgehead atoms. The van der Waals surface area contributed by atoms with Gasteiger partial charge < -0.3 is 5.11 Å². The summed E-state index contributed by atoms with van der Waals surface area (Å²) in [5, 5.41) is 9.75. The van der Waals surface area contributed by atoms with Gasteiger partial charge in [0.25, 0.3) is 0 Å². The molecule has 0 saturated heterocycles. The monoisotopic (exact) mass is 299 g/mol. The third-order valence-electron chi connectivity index (χ3n) is 4.35. The van der Waals surface area contributed by atoms with Crippen LogP contribution in [-0.2, 0) is 12.8 Å². The molecular formula is C21H17NO. The zero-order valence-electron chi connectivity index (χ0n) is 12.7. The van der Waals surface area contributed by atoms with E-state index in [2.05, 4.69) is 41.4 Å². The molecule has 0 fully saturated rings. The van der Waals surface area contributed by atoms with Crippen LogP contribution in [0.2, 0.25) is 0 Å². The highest BCUT2D eigenvalue weighted by Crippen LogP contribution is 2.34. The number of benzene rings is 2. The summed E-state index contributed by atoms with van der Waals surface area (Å²) in [4.78, 5) is 4.33. The van der Waals surface area contributed by atoms with Gasteiger partial charge in [-0.25, -0.2) is 0 Å². The van der Waals surface area contributed by atoms with E-state index in [9.17, 15) is 5.11 Å². The third-order valence-corrected chi connectivity index (χ3v) is 4.35. The normalized spacial score (nSPS) is 14.9. The van der Waals surface area contributed by atoms with Crippen LogP contribution in [0.4, 0.5) is 0 Å². The number of aromatic hydroxyl groups is 1. The van der Waals surface area contributed by atoms with Gasteiger partial charge in [-0.3, -0.25) is 4.98 Å². The summed E-state index contributed by atoms with van der Waals surface area (Å²) in [7, 11) is 0. The average molecular weight is 299 g/mol. The predicted octanol–water partition coefficient (Wildman–Crippen LogP) is 4.47. The van der Waals surface area contributed by atoms with E-state index in [0.29, 0.717) is 0 Å². The Hall–Kier alpha value is -2.87. The van der Waals surface area contributed by atoms with E-state index in [0.717, 1.165) is 18.4 Å². The lowest BCUT2D eigenvalue weighted by atomic mass is 9.93. The van der Waals surface area contributed by atoms with Crippen LogP contribution < -0.4 is 0 Å². The molecule has 1 N–H and O–H groups in total. The van der Waals surface area contributed by atoms with Gasteiger partial charge in [0.15, 0.2) is 0 Å². The molecule has 1 aliphatic carbocycles. The molecule has 0 amide bonds. The largest absolute Gasteiger partial charge is 0.508 e. The Morgan fingerprint density at radius 1 is 0.870 bits per heavy atom. The summed E-state index contributed by atoms with van der Waals surface area (Å²) < 4.78 is 0. The summed E-state index contributed by atoms with van der Waals surface area (Å²) in [6, 6.07) is 18.0. The van der Waals surface area contributed by atoms with Gasteiger partial charge in [-0.05, 0) is 64.9 Å². The molecule has 2 aromatic carbocycles. The van der Waals surface area contributed by atoms with E-state index in [-0.39, 0.29) is 5.75 Å². The highest BCUT2D eigenvalue weighted by atomic mass is 16.3. The molecular weight excluding hydrogens is 282 g/mol. The van der Waals surface area contributed by atoms with E-state index < -0.39 is 0 Å². The maximum absolute atomic E-state index is 9.75. The second-order valence-electron chi connectivity index (χ2n) is 5.84. The van der Waals surface area contributed by atoms with E-state index in [1.54, 1.807) is 12.1 Å². The predicted molar refractivity (Wildman–Crippen MR) is 93.2 cm³/mol. The van der Waals surface area contributed by atoms with Gasteiger partial charge >= 0.3 is 0 Å². The van der Waals surface area contributed by atoms with Crippen molar-refractivity contribution in [3.8, 4) is 5.75 Å². The average Bonchev–Trinajstić information content (AvgIpc) is 2.73.